The third kappa shape index (κ3) is 2.67. The highest BCUT2D eigenvalue weighted by Crippen LogP contribution is 2.28. The van der Waals surface area contributed by atoms with Crippen molar-refractivity contribution in [3.05, 3.63) is 53.6 Å². The Labute approximate surface area is 118 Å². The van der Waals surface area contributed by atoms with Crippen LogP contribution < -0.4 is 5.32 Å². The van der Waals surface area contributed by atoms with Crippen LogP contribution in [-0.4, -0.2) is 17.6 Å². The molecule has 2 aromatic carbocycles. The molecule has 0 aromatic heterocycles. The van der Waals surface area contributed by atoms with Crippen molar-refractivity contribution < 1.29 is 9.90 Å². The van der Waals surface area contributed by atoms with Crippen molar-refractivity contribution >= 4 is 11.7 Å². The van der Waals surface area contributed by atoms with Gasteiger partial charge in [0.25, 0.3) is 0 Å². The maximum Gasteiger partial charge on any atom is 0.307 e. The highest BCUT2D eigenvalue weighted by molar-refractivity contribution is 5.72. The Morgan fingerprint density at radius 2 is 1.85 bits per heavy atom. The molecule has 3 nitrogen and oxygen atoms in total. The van der Waals surface area contributed by atoms with Crippen molar-refractivity contribution in [2.24, 2.45) is 0 Å². The van der Waals surface area contributed by atoms with Crippen LogP contribution in [0.4, 0.5) is 5.69 Å². The second kappa shape index (κ2) is 5.37. The summed E-state index contributed by atoms with van der Waals surface area (Å²) in [5.74, 6) is -0.794. The van der Waals surface area contributed by atoms with Gasteiger partial charge in [-0.05, 0) is 47.2 Å². The largest absolute Gasteiger partial charge is 0.481 e. The van der Waals surface area contributed by atoms with E-state index in [0.717, 1.165) is 24.1 Å². The van der Waals surface area contributed by atoms with Crippen molar-refractivity contribution in [1.29, 1.82) is 0 Å². The summed E-state index contributed by atoms with van der Waals surface area (Å²) in [6.45, 7) is 1.05. The second-order valence-corrected chi connectivity index (χ2v) is 5.17. The van der Waals surface area contributed by atoms with E-state index >= 15 is 0 Å². The summed E-state index contributed by atoms with van der Waals surface area (Å²) in [6, 6.07) is 14.3. The Morgan fingerprint density at radius 1 is 1.10 bits per heavy atom. The zero-order chi connectivity index (χ0) is 13.9. The Balaban J connectivity index is 1.87. The standard InChI is InChI=1S/C17H17NO2/c19-17(20)10-12-3-5-13(6-4-12)14-7-8-16-15(11-14)2-1-9-18-16/h3-8,11,18H,1-2,9-10H2,(H,19,20). The number of rotatable bonds is 3. The second-order valence-electron chi connectivity index (χ2n) is 5.17. The van der Waals surface area contributed by atoms with E-state index in [0.29, 0.717) is 0 Å². The number of carbonyl (C=O) groups is 1. The van der Waals surface area contributed by atoms with Gasteiger partial charge in [-0.15, -0.1) is 0 Å². The molecular weight excluding hydrogens is 250 g/mol. The van der Waals surface area contributed by atoms with Gasteiger partial charge in [0.05, 0.1) is 6.42 Å². The van der Waals surface area contributed by atoms with E-state index < -0.39 is 5.97 Å². The number of aryl methyl sites for hydroxylation is 1. The van der Waals surface area contributed by atoms with Crippen LogP contribution in [0.15, 0.2) is 42.5 Å². The molecule has 0 unspecified atom stereocenters. The number of hydrogen-bond acceptors (Lipinski definition) is 2. The first-order valence-corrected chi connectivity index (χ1v) is 6.90. The number of benzene rings is 2. The van der Waals surface area contributed by atoms with Gasteiger partial charge in [0.1, 0.15) is 0 Å². The van der Waals surface area contributed by atoms with E-state index in [1.54, 1.807) is 0 Å². The highest BCUT2D eigenvalue weighted by atomic mass is 16.4. The lowest BCUT2D eigenvalue weighted by Gasteiger charge is -2.18. The summed E-state index contributed by atoms with van der Waals surface area (Å²) in [7, 11) is 0. The molecule has 1 aliphatic heterocycles. The number of hydrogen-bond donors (Lipinski definition) is 2. The summed E-state index contributed by atoms with van der Waals surface area (Å²) < 4.78 is 0. The SMILES string of the molecule is O=C(O)Cc1ccc(-c2ccc3c(c2)CCCN3)cc1. The summed E-state index contributed by atoms with van der Waals surface area (Å²) in [5.41, 5.74) is 5.76. The van der Waals surface area contributed by atoms with Crippen LogP contribution in [-0.2, 0) is 17.6 Å². The predicted molar refractivity (Wildman–Crippen MR) is 80.0 cm³/mol. The minimum absolute atomic E-state index is 0.0778. The van der Waals surface area contributed by atoms with E-state index in [-0.39, 0.29) is 6.42 Å². The van der Waals surface area contributed by atoms with Gasteiger partial charge in [0.15, 0.2) is 0 Å². The zero-order valence-electron chi connectivity index (χ0n) is 11.2. The normalized spacial score (nSPS) is 13.4. The zero-order valence-corrected chi connectivity index (χ0v) is 11.2. The molecule has 0 atom stereocenters. The number of aliphatic carboxylic acids is 1. The molecule has 3 heteroatoms. The predicted octanol–water partition coefficient (Wildman–Crippen LogP) is 3.34. The molecule has 102 valence electrons. The molecule has 0 saturated carbocycles. The number of anilines is 1. The quantitative estimate of drug-likeness (QED) is 0.896. The van der Waals surface area contributed by atoms with E-state index in [1.807, 2.05) is 24.3 Å². The summed E-state index contributed by atoms with van der Waals surface area (Å²) >= 11 is 0. The average molecular weight is 267 g/mol. The first-order valence-electron chi connectivity index (χ1n) is 6.90. The molecule has 2 aromatic rings. The van der Waals surface area contributed by atoms with Gasteiger partial charge in [0.2, 0.25) is 0 Å². The minimum atomic E-state index is -0.794. The van der Waals surface area contributed by atoms with Gasteiger partial charge in [0, 0.05) is 12.2 Å². The maximum absolute atomic E-state index is 10.7. The number of nitrogens with one attached hydrogen (secondary N) is 1. The van der Waals surface area contributed by atoms with Crippen LogP contribution in [0, 0.1) is 0 Å². The first kappa shape index (κ1) is 12.7. The lowest BCUT2D eigenvalue weighted by atomic mass is 9.96. The lowest BCUT2D eigenvalue weighted by molar-refractivity contribution is -0.136. The van der Waals surface area contributed by atoms with Gasteiger partial charge in [-0.25, -0.2) is 0 Å². The summed E-state index contributed by atoms with van der Waals surface area (Å²) in [5, 5.41) is 12.2. The van der Waals surface area contributed by atoms with Gasteiger partial charge >= 0.3 is 5.97 Å². The molecule has 0 bridgehead atoms. The van der Waals surface area contributed by atoms with Crippen molar-refractivity contribution in [2.75, 3.05) is 11.9 Å². The molecule has 0 aliphatic carbocycles. The van der Waals surface area contributed by atoms with Crippen molar-refractivity contribution in [2.45, 2.75) is 19.3 Å². The lowest BCUT2D eigenvalue weighted by Crippen LogP contribution is -2.11. The average Bonchev–Trinajstić information content (AvgIpc) is 2.47. The Morgan fingerprint density at radius 3 is 2.60 bits per heavy atom. The van der Waals surface area contributed by atoms with E-state index in [1.165, 1.54) is 23.2 Å². The molecule has 0 spiro atoms. The number of carboxylic acid groups (broad SMARTS) is 1. The Hall–Kier alpha value is -2.29. The molecule has 2 N–H and O–H groups in total. The Kier molecular flexibility index (Phi) is 3.42. The van der Waals surface area contributed by atoms with E-state index in [4.69, 9.17) is 5.11 Å². The minimum Gasteiger partial charge on any atom is -0.481 e. The number of carboxylic acids is 1. The number of fused-ring (bicyclic) bond motifs is 1. The molecule has 3 rings (SSSR count). The van der Waals surface area contributed by atoms with Crippen LogP contribution in [0.5, 0.6) is 0 Å². The molecule has 20 heavy (non-hydrogen) atoms. The summed E-state index contributed by atoms with van der Waals surface area (Å²) in [6.07, 6.45) is 2.37. The van der Waals surface area contributed by atoms with E-state index in [9.17, 15) is 4.79 Å². The Bertz CT molecular complexity index is 632. The van der Waals surface area contributed by atoms with Gasteiger partial charge in [-0.3, -0.25) is 4.79 Å². The molecule has 0 saturated heterocycles. The topological polar surface area (TPSA) is 49.3 Å². The van der Waals surface area contributed by atoms with Crippen LogP contribution in [0.2, 0.25) is 0 Å². The van der Waals surface area contributed by atoms with Gasteiger partial charge in [-0.2, -0.15) is 0 Å². The molecular formula is C17H17NO2. The summed E-state index contributed by atoms with van der Waals surface area (Å²) in [4.78, 5) is 10.7. The third-order valence-electron chi connectivity index (χ3n) is 3.69. The monoisotopic (exact) mass is 267 g/mol. The highest BCUT2D eigenvalue weighted by Gasteiger charge is 2.09. The van der Waals surface area contributed by atoms with Gasteiger partial charge in [-0.1, -0.05) is 30.3 Å². The molecule has 0 fully saturated rings. The van der Waals surface area contributed by atoms with Crippen LogP contribution in [0.1, 0.15) is 17.5 Å². The fourth-order valence-electron chi connectivity index (χ4n) is 2.64. The van der Waals surface area contributed by atoms with Crippen LogP contribution >= 0.6 is 0 Å². The van der Waals surface area contributed by atoms with Crippen LogP contribution in [0.25, 0.3) is 11.1 Å². The fourth-order valence-corrected chi connectivity index (χ4v) is 2.64. The fraction of sp³-hybridized carbons (Fsp3) is 0.235. The molecule has 0 amide bonds. The van der Waals surface area contributed by atoms with Crippen molar-refractivity contribution in [3.8, 4) is 11.1 Å². The maximum atomic E-state index is 10.7. The van der Waals surface area contributed by atoms with Crippen molar-refractivity contribution in [3.63, 3.8) is 0 Å². The third-order valence-corrected chi connectivity index (χ3v) is 3.69. The first-order chi connectivity index (χ1) is 9.72. The van der Waals surface area contributed by atoms with Crippen molar-refractivity contribution in [1.82, 2.24) is 0 Å². The smallest absolute Gasteiger partial charge is 0.307 e. The van der Waals surface area contributed by atoms with Crippen LogP contribution in [0.3, 0.4) is 0 Å². The molecule has 1 heterocycles. The molecule has 1 aliphatic rings. The van der Waals surface area contributed by atoms with E-state index in [2.05, 4.69) is 23.5 Å². The van der Waals surface area contributed by atoms with Gasteiger partial charge < -0.3 is 10.4 Å². The molecule has 0 radical (unpaired) electrons.